The summed E-state index contributed by atoms with van der Waals surface area (Å²) in [6.45, 7) is 7.04. The van der Waals surface area contributed by atoms with Crippen LogP contribution in [0.3, 0.4) is 0 Å². The van der Waals surface area contributed by atoms with Crippen molar-refractivity contribution in [1.82, 2.24) is 14.8 Å². The van der Waals surface area contributed by atoms with E-state index in [0.29, 0.717) is 12.2 Å². The average molecular weight is 286 g/mol. The summed E-state index contributed by atoms with van der Waals surface area (Å²) >= 11 is 0. The smallest absolute Gasteiger partial charge is 0.272 e. The Labute approximate surface area is 126 Å². The van der Waals surface area contributed by atoms with Gasteiger partial charge in [0.1, 0.15) is 5.69 Å². The highest BCUT2D eigenvalue weighted by Crippen LogP contribution is 2.08. The number of hydrogen-bond acceptors (Lipinski definition) is 4. The number of hydrogen-bond donors (Lipinski definition) is 1. The van der Waals surface area contributed by atoms with Crippen molar-refractivity contribution in [1.29, 1.82) is 0 Å². The number of pyridine rings is 1. The van der Waals surface area contributed by atoms with Crippen molar-refractivity contribution in [2.45, 2.75) is 13.3 Å². The zero-order chi connectivity index (χ0) is 15.1. The molecule has 1 saturated heterocycles. The minimum absolute atomic E-state index is 0.00415. The third-order valence-corrected chi connectivity index (χ3v) is 3.52. The van der Waals surface area contributed by atoms with Crippen molar-refractivity contribution in [2.75, 3.05) is 39.3 Å². The summed E-state index contributed by atoms with van der Waals surface area (Å²) in [6, 6.07) is 3.55. The number of aromatic nitrogens is 1. The van der Waals surface area contributed by atoms with Crippen molar-refractivity contribution in [3.8, 4) is 11.8 Å². The van der Waals surface area contributed by atoms with Crippen LogP contribution >= 0.6 is 0 Å². The van der Waals surface area contributed by atoms with Gasteiger partial charge in [-0.15, -0.1) is 0 Å². The maximum Gasteiger partial charge on any atom is 0.272 e. The molecular weight excluding hydrogens is 264 g/mol. The molecule has 2 N–H and O–H groups in total. The fraction of sp³-hybridized carbons (Fsp3) is 0.500. The molecule has 1 aliphatic rings. The molecule has 5 nitrogen and oxygen atoms in total. The van der Waals surface area contributed by atoms with Crippen molar-refractivity contribution in [3.05, 3.63) is 29.6 Å². The van der Waals surface area contributed by atoms with Gasteiger partial charge in [-0.25, -0.2) is 4.98 Å². The molecule has 2 heterocycles. The first kappa shape index (κ1) is 15.5. The summed E-state index contributed by atoms with van der Waals surface area (Å²) in [5.74, 6) is 5.68. The summed E-state index contributed by atoms with van der Waals surface area (Å²) in [6.07, 6.45) is 2.78. The van der Waals surface area contributed by atoms with E-state index in [9.17, 15) is 4.79 Å². The van der Waals surface area contributed by atoms with Crippen LogP contribution in [0.4, 0.5) is 0 Å². The number of piperazine rings is 1. The second kappa shape index (κ2) is 7.77. The highest BCUT2D eigenvalue weighted by molar-refractivity contribution is 5.92. The number of carbonyl (C=O) groups excluding carboxylic acids is 1. The molecule has 1 aromatic rings. The maximum absolute atomic E-state index is 12.4. The molecule has 0 aromatic carbocycles. The summed E-state index contributed by atoms with van der Waals surface area (Å²) in [5.41, 5.74) is 6.59. The van der Waals surface area contributed by atoms with Crippen molar-refractivity contribution < 1.29 is 4.79 Å². The zero-order valence-corrected chi connectivity index (χ0v) is 12.5. The summed E-state index contributed by atoms with van der Waals surface area (Å²) in [4.78, 5) is 20.9. The number of nitrogens with two attached hydrogens (primary N) is 1. The Hall–Kier alpha value is -1.90. The highest BCUT2D eigenvalue weighted by Gasteiger charge is 2.22. The molecule has 0 spiro atoms. The summed E-state index contributed by atoms with van der Waals surface area (Å²) in [7, 11) is 0. The molecule has 0 unspecified atom stereocenters. The van der Waals surface area contributed by atoms with E-state index < -0.39 is 0 Å². The van der Waals surface area contributed by atoms with Crippen LogP contribution in [-0.2, 0) is 0 Å². The molecule has 1 fully saturated rings. The molecule has 112 valence electrons. The molecular formula is C16H22N4O. The highest BCUT2D eigenvalue weighted by atomic mass is 16.2. The zero-order valence-electron chi connectivity index (χ0n) is 12.5. The number of amides is 1. The topological polar surface area (TPSA) is 62.5 Å². The van der Waals surface area contributed by atoms with Gasteiger partial charge in [-0.1, -0.05) is 18.8 Å². The second-order valence-electron chi connectivity index (χ2n) is 5.07. The van der Waals surface area contributed by atoms with Gasteiger partial charge in [0, 0.05) is 37.9 Å². The molecule has 21 heavy (non-hydrogen) atoms. The molecule has 1 amide bonds. The second-order valence-corrected chi connectivity index (χ2v) is 5.07. The van der Waals surface area contributed by atoms with E-state index >= 15 is 0 Å². The van der Waals surface area contributed by atoms with Crippen LogP contribution in [0.1, 0.15) is 29.4 Å². The van der Waals surface area contributed by atoms with Gasteiger partial charge in [0.05, 0.1) is 6.54 Å². The van der Waals surface area contributed by atoms with Crippen molar-refractivity contribution in [2.24, 2.45) is 5.73 Å². The van der Waals surface area contributed by atoms with E-state index in [1.54, 1.807) is 12.3 Å². The Kier molecular flexibility index (Phi) is 5.73. The molecule has 0 radical (unpaired) electrons. The van der Waals surface area contributed by atoms with Crippen molar-refractivity contribution >= 4 is 5.91 Å². The van der Waals surface area contributed by atoms with Crippen LogP contribution in [0.2, 0.25) is 0 Å². The van der Waals surface area contributed by atoms with Gasteiger partial charge < -0.3 is 10.6 Å². The quantitative estimate of drug-likeness (QED) is 0.825. The van der Waals surface area contributed by atoms with Crippen LogP contribution in [-0.4, -0.2) is 60.0 Å². The van der Waals surface area contributed by atoms with Gasteiger partial charge in [0.2, 0.25) is 0 Å². The molecule has 2 rings (SSSR count). The fourth-order valence-electron chi connectivity index (χ4n) is 2.40. The lowest BCUT2D eigenvalue weighted by atomic mass is 10.2. The molecule has 0 aliphatic carbocycles. The van der Waals surface area contributed by atoms with Gasteiger partial charge in [-0.3, -0.25) is 9.69 Å². The summed E-state index contributed by atoms with van der Waals surface area (Å²) in [5, 5.41) is 0. The molecule has 5 heteroatoms. The Bertz CT molecular complexity index is 521. The normalized spacial score (nSPS) is 15.4. The van der Waals surface area contributed by atoms with Crippen LogP contribution in [0, 0.1) is 11.8 Å². The van der Waals surface area contributed by atoms with Crippen molar-refractivity contribution in [3.63, 3.8) is 0 Å². The van der Waals surface area contributed by atoms with E-state index in [1.807, 2.05) is 11.0 Å². The van der Waals surface area contributed by atoms with Gasteiger partial charge in [-0.2, -0.15) is 0 Å². The standard InChI is InChI=1S/C16H22N4O/c1-2-8-19-9-11-20(12-10-19)16(21)15-6-5-14(13-18-15)4-3-7-17/h5-6,13H,2,7-12,17H2,1H3. The third kappa shape index (κ3) is 4.28. The van der Waals surface area contributed by atoms with E-state index in [1.165, 1.54) is 0 Å². The lowest BCUT2D eigenvalue weighted by molar-refractivity contribution is 0.0632. The van der Waals surface area contributed by atoms with Crippen LogP contribution < -0.4 is 5.73 Å². The number of rotatable bonds is 3. The van der Waals surface area contributed by atoms with Gasteiger partial charge in [0.25, 0.3) is 5.91 Å². The first-order chi connectivity index (χ1) is 10.2. The number of nitrogens with zero attached hydrogens (tertiary/aromatic N) is 3. The van der Waals surface area contributed by atoms with Gasteiger partial charge >= 0.3 is 0 Å². The lowest BCUT2D eigenvalue weighted by Crippen LogP contribution is -2.48. The van der Waals surface area contributed by atoms with E-state index in [2.05, 4.69) is 28.6 Å². The van der Waals surface area contributed by atoms with Crippen LogP contribution in [0.15, 0.2) is 18.3 Å². The fourth-order valence-corrected chi connectivity index (χ4v) is 2.40. The monoisotopic (exact) mass is 286 g/mol. The van der Waals surface area contributed by atoms with Gasteiger partial charge in [-0.05, 0) is 25.1 Å². The number of carbonyl (C=O) groups is 1. The molecule has 1 aromatic heterocycles. The Morgan fingerprint density at radius 1 is 1.33 bits per heavy atom. The molecule has 1 aliphatic heterocycles. The SMILES string of the molecule is CCCN1CCN(C(=O)c2ccc(C#CCN)cn2)CC1. The Morgan fingerprint density at radius 3 is 2.67 bits per heavy atom. The Morgan fingerprint density at radius 2 is 2.10 bits per heavy atom. The predicted molar refractivity (Wildman–Crippen MR) is 82.8 cm³/mol. The van der Waals surface area contributed by atoms with E-state index in [0.717, 1.165) is 44.7 Å². The molecule has 0 bridgehead atoms. The first-order valence-electron chi connectivity index (χ1n) is 7.41. The van der Waals surface area contributed by atoms with Crippen LogP contribution in [0.25, 0.3) is 0 Å². The van der Waals surface area contributed by atoms with Gasteiger partial charge in [0.15, 0.2) is 0 Å². The third-order valence-electron chi connectivity index (χ3n) is 3.52. The first-order valence-corrected chi connectivity index (χ1v) is 7.41. The van der Waals surface area contributed by atoms with Crippen LogP contribution in [0.5, 0.6) is 0 Å². The molecule has 0 atom stereocenters. The summed E-state index contributed by atoms with van der Waals surface area (Å²) < 4.78 is 0. The average Bonchev–Trinajstić information content (AvgIpc) is 2.54. The maximum atomic E-state index is 12.4. The van der Waals surface area contributed by atoms with E-state index in [-0.39, 0.29) is 5.91 Å². The Balaban J connectivity index is 1.94. The predicted octanol–water partition coefficient (Wildman–Crippen LogP) is 0.560. The van der Waals surface area contributed by atoms with E-state index in [4.69, 9.17) is 5.73 Å². The minimum Gasteiger partial charge on any atom is -0.335 e. The lowest BCUT2D eigenvalue weighted by Gasteiger charge is -2.34. The molecule has 0 saturated carbocycles. The largest absolute Gasteiger partial charge is 0.335 e. The minimum atomic E-state index is 0.00415.